The fourth-order valence-corrected chi connectivity index (χ4v) is 4.81. The lowest BCUT2D eigenvalue weighted by molar-refractivity contribution is -0.205. The van der Waals surface area contributed by atoms with Crippen LogP contribution in [-0.2, 0) is 30.4 Å². The number of piperidine rings is 1. The van der Waals surface area contributed by atoms with Gasteiger partial charge in [-0.05, 0) is 49.9 Å². The molecule has 0 bridgehead atoms. The summed E-state index contributed by atoms with van der Waals surface area (Å²) in [4.78, 5) is 31.6. The number of carbonyl (C=O) groups is 2. The Labute approximate surface area is 200 Å². The van der Waals surface area contributed by atoms with E-state index in [1.54, 1.807) is 6.92 Å². The third-order valence-corrected chi connectivity index (χ3v) is 6.29. The van der Waals surface area contributed by atoms with Gasteiger partial charge < -0.3 is 14.2 Å². The fourth-order valence-electron chi connectivity index (χ4n) is 4.81. The number of hydrogen-bond acceptors (Lipinski definition) is 7. The highest BCUT2D eigenvalue weighted by molar-refractivity contribution is 6.20. The maximum absolute atomic E-state index is 13.2. The summed E-state index contributed by atoms with van der Waals surface area (Å²) in [5.41, 5.74) is 4.04. The van der Waals surface area contributed by atoms with Crippen molar-refractivity contribution < 1.29 is 28.6 Å². The summed E-state index contributed by atoms with van der Waals surface area (Å²) < 4.78 is 16.7. The van der Waals surface area contributed by atoms with Crippen LogP contribution in [0.4, 0.5) is 4.79 Å². The predicted octanol–water partition coefficient (Wildman–Crippen LogP) is 5.02. The van der Waals surface area contributed by atoms with E-state index in [1.165, 1.54) is 0 Å². The van der Waals surface area contributed by atoms with E-state index in [2.05, 4.69) is 0 Å². The van der Waals surface area contributed by atoms with Gasteiger partial charge in [0, 0.05) is 25.9 Å². The molecule has 2 aromatic rings. The third-order valence-electron chi connectivity index (χ3n) is 6.29. The molecule has 0 saturated carbocycles. The molecule has 0 N–H and O–H groups in total. The van der Waals surface area contributed by atoms with Gasteiger partial charge in [-0.3, -0.25) is 4.84 Å². The van der Waals surface area contributed by atoms with Crippen LogP contribution in [0.15, 0.2) is 48.2 Å². The maximum Gasteiger partial charge on any atom is 0.513 e. The van der Waals surface area contributed by atoms with Crippen LogP contribution >= 0.6 is 0 Å². The number of esters is 1. The average molecular weight is 466 g/mol. The van der Waals surface area contributed by atoms with Crippen molar-refractivity contribution in [3.8, 4) is 0 Å². The molecule has 1 fully saturated rings. The Balaban J connectivity index is 1.62. The summed E-state index contributed by atoms with van der Waals surface area (Å²) in [5.74, 6) is -0.235. The molecule has 4 rings (SSSR count). The molecule has 180 valence electrons. The fraction of sp³-hybridized carbons (Fsp3) is 0.407. The maximum atomic E-state index is 13.2. The van der Waals surface area contributed by atoms with E-state index in [4.69, 9.17) is 19.0 Å². The van der Waals surface area contributed by atoms with Crippen LogP contribution in [-0.4, -0.2) is 42.5 Å². The standard InChI is InChI=1S/C27H31NO6/c1-5-31-26(30)33-24-23(22-19(3)15-18(2)16-20(22)4)25(29)34-27(24)11-13-28(14-12-27)32-17-21-9-7-6-8-10-21/h6-10,15-16H,5,11-14,17H2,1-4H3. The van der Waals surface area contributed by atoms with Gasteiger partial charge in [0.05, 0.1) is 13.2 Å². The first-order chi connectivity index (χ1) is 16.3. The molecule has 0 aromatic heterocycles. The highest BCUT2D eigenvalue weighted by atomic mass is 16.7. The molecular weight excluding hydrogens is 434 g/mol. The number of benzene rings is 2. The second kappa shape index (κ2) is 9.99. The lowest BCUT2D eigenvalue weighted by Gasteiger charge is -2.38. The summed E-state index contributed by atoms with van der Waals surface area (Å²) >= 11 is 0. The van der Waals surface area contributed by atoms with Gasteiger partial charge >= 0.3 is 12.1 Å². The number of hydroxylamine groups is 2. The summed E-state index contributed by atoms with van der Waals surface area (Å²) in [6, 6.07) is 14.0. The first-order valence-corrected chi connectivity index (χ1v) is 11.7. The van der Waals surface area contributed by atoms with Crippen LogP contribution < -0.4 is 0 Å². The Kier molecular flexibility index (Phi) is 7.05. The monoisotopic (exact) mass is 465 g/mol. The van der Waals surface area contributed by atoms with Gasteiger partial charge in [-0.15, -0.1) is 0 Å². The lowest BCUT2D eigenvalue weighted by atomic mass is 9.86. The zero-order valence-electron chi connectivity index (χ0n) is 20.2. The first-order valence-electron chi connectivity index (χ1n) is 11.7. The topological polar surface area (TPSA) is 74.3 Å². The summed E-state index contributed by atoms with van der Waals surface area (Å²) in [6.07, 6.45) is 0.0451. The molecule has 1 saturated heterocycles. The molecule has 2 aromatic carbocycles. The minimum Gasteiger partial charge on any atom is -0.447 e. The minimum atomic E-state index is -1.03. The van der Waals surface area contributed by atoms with Gasteiger partial charge in [0.1, 0.15) is 5.57 Å². The van der Waals surface area contributed by atoms with Crippen LogP contribution in [0.25, 0.3) is 5.57 Å². The summed E-state index contributed by atoms with van der Waals surface area (Å²) in [7, 11) is 0. The zero-order chi connectivity index (χ0) is 24.3. The molecule has 1 spiro atoms. The van der Waals surface area contributed by atoms with Crippen LogP contribution in [0, 0.1) is 20.8 Å². The molecule has 0 radical (unpaired) electrons. The van der Waals surface area contributed by atoms with Gasteiger partial charge in [-0.2, -0.15) is 5.06 Å². The Bertz CT molecular complexity index is 1080. The number of nitrogens with zero attached hydrogens (tertiary/aromatic N) is 1. The normalized spacial score (nSPS) is 17.7. The Morgan fingerprint density at radius 2 is 1.71 bits per heavy atom. The van der Waals surface area contributed by atoms with Crippen LogP contribution in [0.1, 0.15) is 47.6 Å². The van der Waals surface area contributed by atoms with Gasteiger partial charge in [-0.25, -0.2) is 9.59 Å². The third kappa shape index (κ3) is 4.86. The van der Waals surface area contributed by atoms with Gasteiger partial charge in [0.25, 0.3) is 0 Å². The second-order valence-electron chi connectivity index (χ2n) is 8.83. The molecule has 2 aliphatic heterocycles. The highest BCUT2D eigenvalue weighted by Gasteiger charge is 2.53. The van der Waals surface area contributed by atoms with E-state index in [-0.39, 0.29) is 12.4 Å². The molecule has 0 amide bonds. The number of ether oxygens (including phenoxy) is 3. The molecule has 2 heterocycles. The molecule has 0 unspecified atom stereocenters. The van der Waals surface area contributed by atoms with E-state index in [0.717, 1.165) is 27.8 Å². The van der Waals surface area contributed by atoms with Crippen molar-refractivity contribution in [3.05, 3.63) is 76.0 Å². The van der Waals surface area contributed by atoms with Crippen LogP contribution in [0.5, 0.6) is 0 Å². The molecular formula is C27H31NO6. The largest absolute Gasteiger partial charge is 0.513 e. The Hall–Kier alpha value is -3.16. The zero-order valence-corrected chi connectivity index (χ0v) is 20.2. The average Bonchev–Trinajstić information content (AvgIpc) is 3.04. The second-order valence-corrected chi connectivity index (χ2v) is 8.83. The molecule has 34 heavy (non-hydrogen) atoms. The highest BCUT2D eigenvalue weighted by Crippen LogP contribution is 2.46. The quantitative estimate of drug-likeness (QED) is 0.555. The van der Waals surface area contributed by atoms with E-state index < -0.39 is 17.7 Å². The van der Waals surface area contributed by atoms with E-state index in [1.807, 2.05) is 68.3 Å². The molecule has 2 aliphatic rings. The SMILES string of the molecule is CCOC(=O)OC1=C(c2c(C)cc(C)cc2C)C(=O)OC12CCN(OCc1ccccc1)CC2. The van der Waals surface area contributed by atoms with Crippen molar-refractivity contribution in [2.75, 3.05) is 19.7 Å². The summed E-state index contributed by atoms with van der Waals surface area (Å²) in [6.45, 7) is 9.29. The summed E-state index contributed by atoms with van der Waals surface area (Å²) in [5, 5.41) is 1.87. The predicted molar refractivity (Wildman–Crippen MR) is 127 cm³/mol. The first kappa shape index (κ1) is 24.0. The number of hydrogen-bond donors (Lipinski definition) is 0. The molecule has 7 heteroatoms. The Morgan fingerprint density at radius 1 is 1.06 bits per heavy atom. The van der Waals surface area contributed by atoms with Crippen molar-refractivity contribution in [3.63, 3.8) is 0 Å². The van der Waals surface area contributed by atoms with Crippen molar-refractivity contribution >= 4 is 17.7 Å². The van der Waals surface area contributed by atoms with Gasteiger partial charge in [0.15, 0.2) is 11.4 Å². The van der Waals surface area contributed by atoms with Crippen molar-refractivity contribution in [1.29, 1.82) is 0 Å². The van der Waals surface area contributed by atoms with Crippen molar-refractivity contribution in [1.82, 2.24) is 5.06 Å². The van der Waals surface area contributed by atoms with Gasteiger partial charge in [0.2, 0.25) is 0 Å². The molecule has 0 atom stereocenters. The number of rotatable bonds is 6. The number of aryl methyl sites for hydroxylation is 3. The molecule has 0 aliphatic carbocycles. The number of carbonyl (C=O) groups excluding carboxylic acids is 2. The minimum absolute atomic E-state index is 0.174. The lowest BCUT2D eigenvalue weighted by Crippen LogP contribution is -2.46. The van der Waals surface area contributed by atoms with E-state index in [0.29, 0.717) is 38.1 Å². The van der Waals surface area contributed by atoms with Gasteiger partial charge in [-0.1, -0.05) is 48.0 Å². The molecule has 7 nitrogen and oxygen atoms in total. The van der Waals surface area contributed by atoms with Crippen LogP contribution in [0.2, 0.25) is 0 Å². The van der Waals surface area contributed by atoms with Crippen molar-refractivity contribution in [2.45, 2.75) is 52.7 Å². The van der Waals surface area contributed by atoms with Crippen LogP contribution in [0.3, 0.4) is 0 Å². The Morgan fingerprint density at radius 3 is 2.32 bits per heavy atom. The smallest absolute Gasteiger partial charge is 0.447 e. The van der Waals surface area contributed by atoms with Crippen molar-refractivity contribution in [2.24, 2.45) is 0 Å². The van der Waals surface area contributed by atoms with E-state index >= 15 is 0 Å². The van der Waals surface area contributed by atoms with E-state index in [9.17, 15) is 9.59 Å².